The van der Waals surface area contributed by atoms with Crippen LogP contribution in [0.2, 0.25) is 0 Å². The Labute approximate surface area is 336 Å². The molecule has 8 saturated heterocycles. The fourth-order valence-electron chi connectivity index (χ4n) is 16.8. The van der Waals surface area contributed by atoms with E-state index in [2.05, 4.69) is 89.1 Å². The Bertz CT molecular complexity index is 1690. The minimum atomic E-state index is 0.382. The highest BCUT2D eigenvalue weighted by atomic mass is 15.3. The van der Waals surface area contributed by atoms with Gasteiger partial charge in [0.05, 0.1) is 0 Å². The van der Waals surface area contributed by atoms with Gasteiger partial charge in [-0.15, -0.1) is 0 Å². The molecule has 10 aliphatic rings. The minimum absolute atomic E-state index is 0.382. The van der Waals surface area contributed by atoms with Crippen molar-refractivity contribution >= 4 is 0 Å². The van der Waals surface area contributed by atoms with Crippen LogP contribution in [0.3, 0.4) is 0 Å². The number of aromatic nitrogens is 3. The number of nitrogens with one attached hydrogen (secondary N) is 4. The molecule has 9 nitrogen and oxygen atoms in total. The average Bonchev–Trinajstić information content (AvgIpc) is 3.75. The molecule has 12 rings (SSSR count). The summed E-state index contributed by atoms with van der Waals surface area (Å²) < 4.78 is 0. The highest BCUT2D eigenvalue weighted by molar-refractivity contribution is 5.54. The smallest absolute Gasteiger partial charge is 0.163 e. The zero-order valence-corrected chi connectivity index (χ0v) is 34.7. The third-order valence-electron chi connectivity index (χ3n) is 19.2. The zero-order valence-electron chi connectivity index (χ0n) is 34.7. The lowest BCUT2D eigenvalue weighted by Gasteiger charge is -2.61. The summed E-state index contributed by atoms with van der Waals surface area (Å²) in [7, 11) is 0. The summed E-state index contributed by atoms with van der Waals surface area (Å²) in [6, 6.07) is 16.2. The highest BCUT2D eigenvalue weighted by Crippen LogP contribution is 2.60. The molecule has 0 spiro atoms. The number of hydrogen-bond acceptors (Lipinski definition) is 9. The summed E-state index contributed by atoms with van der Waals surface area (Å²) in [6.07, 6.45) is 12.6. The van der Waals surface area contributed by atoms with E-state index < -0.39 is 0 Å². The summed E-state index contributed by atoms with van der Waals surface area (Å²) in [4.78, 5) is 22.8. The maximum atomic E-state index is 5.65. The van der Waals surface area contributed by atoms with Crippen molar-refractivity contribution in [3.63, 3.8) is 0 Å². The predicted octanol–water partition coefficient (Wildman–Crippen LogP) is 5.40. The molecular weight excluding hydrogens is 691 g/mol. The largest absolute Gasteiger partial charge is 0.316 e. The van der Waals surface area contributed by atoms with Crippen LogP contribution in [0.15, 0.2) is 30.3 Å². The zero-order chi connectivity index (χ0) is 37.5. The summed E-state index contributed by atoms with van der Waals surface area (Å²) in [5.74, 6) is 8.32. The molecular formula is C47H69N9. The molecule has 0 radical (unpaired) electrons. The average molecular weight is 760 g/mol. The number of hydrogen-bond donors (Lipinski definition) is 4. The first-order chi connectivity index (χ1) is 27.3. The lowest BCUT2D eigenvalue weighted by atomic mass is 9.57. The summed E-state index contributed by atoms with van der Waals surface area (Å²) >= 11 is 0. The van der Waals surface area contributed by atoms with Crippen LogP contribution in [0.1, 0.15) is 115 Å². The van der Waals surface area contributed by atoms with Crippen molar-refractivity contribution in [2.24, 2.45) is 46.3 Å². The molecule has 16 atom stereocenters. The SMILES string of the molecule is CC1(C)C2CNCCC2N2C3CCC(c4nc(-c5ccccc5)nc(C5CCC6C(C5)C5NCCC7C5N6C5CCNCC5C7(C)C)n4)CC3C3NCCC1C32. The fraction of sp³-hybridized carbons (Fsp3) is 0.809. The maximum Gasteiger partial charge on any atom is 0.163 e. The molecule has 10 fully saturated rings. The van der Waals surface area contributed by atoms with Gasteiger partial charge < -0.3 is 21.3 Å². The van der Waals surface area contributed by atoms with Crippen molar-refractivity contribution in [1.82, 2.24) is 46.0 Å². The molecule has 1 aromatic heterocycles. The Morgan fingerprint density at radius 3 is 1.54 bits per heavy atom. The quantitative estimate of drug-likeness (QED) is 0.329. The van der Waals surface area contributed by atoms with Crippen LogP contribution in [-0.2, 0) is 0 Å². The molecule has 4 N–H and O–H groups in total. The molecule has 1 aromatic carbocycles. The monoisotopic (exact) mass is 760 g/mol. The number of fused-ring (bicyclic) bond motifs is 10. The van der Waals surface area contributed by atoms with Crippen LogP contribution in [-0.4, -0.2) is 112 Å². The van der Waals surface area contributed by atoms with Crippen LogP contribution in [0.4, 0.5) is 0 Å². The van der Waals surface area contributed by atoms with Gasteiger partial charge in [-0.25, -0.2) is 15.0 Å². The Morgan fingerprint density at radius 1 is 0.536 bits per heavy atom. The second-order valence-corrected chi connectivity index (χ2v) is 21.8. The van der Waals surface area contributed by atoms with Crippen LogP contribution in [0.5, 0.6) is 0 Å². The molecule has 2 aromatic rings. The van der Waals surface area contributed by atoms with Crippen molar-refractivity contribution in [1.29, 1.82) is 0 Å². The van der Waals surface area contributed by atoms with E-state index in [9.17, 15) is 0 Å². The summed E-state index contributed by atoms with van der Waals surface area (Å²) in [5.41, 5.74) is 1.91. The van der Waals surface area contributed by atoms with Crippen LogP contribution in [0, 0.1) is 46.3 Å². The van der Waals surface area contributed by atoms with E-state index in [1.54, 1.807) is 0 Å². The Kier molecular flexibility index (Phi) is 8.49. The lowest BCUT2D eigenvalue weighted by molar-refractivity contribution is -0.112. The third kappa shape index (κ3) is 5.15. The van der Waals surface area contributed by atoms with E-state index in [0.717, 1.165) is 58.8 Å². The van der Waals surface area contributed by atoms with Gasteiger partial charge in [-0.2, -0.15) is 0 Å². The topological polar surface area (TPSA) is 93.3 Å². The fourth-order valence-corrected chi connectivity index (χ4v) is 16.8. The molecule has 8 aliphatic heterocycles. The van der Waals surface area contributed by atoms with Gasteiger partial charge in [-0.05, 0) is 150 Å². The minimum Gasteiger partial charge on any atom is -0.316 e. The van der Waals surface area contributed by atoms with Crippen LogP contribution in [0.25, 0.3) is 11.4 Å². The van der Waals surface area contributed by atoms with E-state index >= 15 is 0 Å². The van der Waals surface area contributed by atoms with Gasteiger partial charge in [0.15, 0.2) is 5.82 Å². The molecule has 16 unspecified atom stereocenters. The van der Waals surface area contributed by atoms with Crippen molar-refractivity contribution in [2.75, 3.05) is 39.3 Å². The first-order valence-electron chi connectivity index (χ1n) is 23.5. The van der Waals surface area contributed by atoms with Gasteiger partial charge >= 0.3 is 0 Å². The molecule has 2 saturated carbocycles. The Hall–Kier alpha value is -2.01. The number of rotatable bonds is 3. The van der Waals surface area contributed by atoms with E-state index in [-0.39, 0.29) is 0 Å². The summed E-state index contributed by atoms with van der Waals surface area (Å²) in [6.45, 7) is 17.6. The molecule has 0 bridgehead atoms. The number of piperidine rings is 6. The molecule has 56 heavy (non-hydrogen) atoms. The molecule has 0 amide bonds. The number of nitrogens with zero attached hydrogens (tertiary/aromatic N) is 5. The van der Waals surface area contributed by atoms with Crippen LogP contribution >= 0.6 is 0 Å². The second kappa shape index (κ2) is 13.2. The van der Waals surface area contributed by atoms with Crippen molar-refractivity contribution in [3.05, 3.63) is 42.0 Å². The predicted molar refractivity (Wildman–Crippen MR) is 221 cm³/mol. The van der Waals surface area contributed by atoms with Crippen molar-refractivity contribution in [3.8, 4) is 11.4 Å². The molecule has 9 heteroatoms. The Balaban J connectivity index is 0.861. The molecule has 302 valence electrons. The van der Waals surface area contributed by atoms with E-state index in [0.29, 0.717) is 70.8 Å². The highest BCUT2D eigenvalue weighted by Gasteiger charge is 2.66. The summed E-state index contributed by atoms with van der Waals surface area (Å²) in [5, 5.41) is 16.0. The maximum absolute atomic E-state index is 5.65. The normalized spacial score (nSPS) is 47.4. The standard InChI is InChI=1S/C47H69N9/c1-46(2)31-14-20-50-39-29-22-27(10-12-35(29)55(41(31)39)37-16-18-48-24-33(37)46)44-52-43(26-8-6-5-7-9-26)53-45(54-44)28-11-13-36-30(23-28)40-42-32(15-21-51-40)47(3,4)34-25-49-19-17-38(34)56(36)42/h5-9,27-42,48-51H,10-25H2,1-4H3. The van der Waals surface area contributed by atoms with Gasteiger partial charge in [0.2, 0.25) is 0 Å². The molecule has 9 heterocycles. The molecule has 2 aliphatic carbocycles. The number of benzene rings is 1. The van der Waals surface area contributed by atoms with Gasteiger partial charge in [-0.3, -0.25) is 9.80 Å². The third-order valence-corrected chi connectivity index (χ3v) is 19.2. The first-order valence-corrected chi connectivity index (χ1v) is 23.5. The van der Waals surface area contributed by atoms with E-state index in [1.165, 1.54) is 103 Å². The van der Waals surface area contributed by atoms with Gasteiger partial charge in [0, 0.05) is 65.7 Å². The van der Waals surface area contributed by atoms with Crippen molar-refractivity contribution < 1.29 is 0 Å². The van der Waals surface area contributed by atoms with Gasteiger partial charge in [-0.1, -0.05) is 58.0 Å². The first kappa shape index (κ1) is 35.9. The second-order valence-electron chi connectivity index (χ2n) is 21.8. The van der Waals surface area contributed by atoms with Gasteiger partial charge in [0.25, 0.3) is 0 Å². The van der Waals surface area contributed by atoms with E-state index in [1.807, 2.05) is 0 Å². The van der Waals surface area contributed by atoms with E-state index in [4.69, 9.17) is 15.0 Å². The van der Waals surface area contributed by atoms with Crippen molar-refractivity contribution in [2.45, 2.75) is 152 Å². The Morgan fingerprint density at radius 2 is 1.04 bits per heavy atom. The van der Waals surface area contributed by atoms with Gasteiger partial charge in [0.1, 0.15) is 11.6 Å². The lowest BCUT2D eigenvalue weighted by Crippen LogP contribution is -2.69. The van der Waals surface area contributed by atoms with Crippen LogP contribution < -0.4 is 21.3 Å².